The number of aromatic amines is 1. The molecule has 2 aromatic heterocycles. The van der Waals surface area contributed by atoms with E-state index in [1.54, 1.807) is 6.07 Å². The summed E-state index contributed by atoms with van der Waals surface area (Å²) in [5, 5.41) is 3.34. The van der Waals surface area contributed by atoms with Gasteiger partial charge in [0.25, 0.3) is 11.5 Å². The average Bonchev–Trinajstić information content (AvgIpc) is 3.17. The molecule has 3 heterocycles. The monoisotopic (exact) mass is 442 g/mol. The summed E-state index contributed by atoms with van der Waals surface area (Å²) in [6, 6.07) is 1.70. The molecule has 2 aromatic rings. The predicted octanol–water partition coefficient (Wildman–Crippen LogP) is 3.09. The molecule has 2 fully saturated rings. The molecule has 1 saturated heterocycles. The van der Waals surface area contributed by atoms with E-state index >= 15 is 0 Å². The number of nitrogens with one attached hydrogen (secondary N) is 2. The van der Waals surface area contributed by atoms with E-state index in [0.29, 0.717) is 18.8 Å². The fourth-order valence-corrected chi connectivity index (χ4v) is 5.08. The third-order valence-corrected chi connectivity index (χ3v) is 6.70. The summed E-state index contributed by atoms with van der Waals surface area (Å²) in [4.78, 5) is 45.9. The molecular weight excluding hydrogens is 408 g/mol. The Morgan fingerprint density at radius 3 is 2.66 bits per heavy atom. The summed E-state index contributed by atoms with van der Waals surface area (Å²) >= 11 is 0. The summed E-state index contributed by atoms with van der Waals surface area (Å²) in [5.74, 6) is -0.0781. The highest BCUT2D eigenvalue weighted by molar-refractivity contribution is 6.05. The van der Waals surface area contributed by atoms with Gasteiger partial charge in [-0.2, -0.15) is 0 Å². The molecule has 0 radical (unpaired) electrons. The standard InChI is InChI=1S/C24H34N4O4/c1-14(2)13-28-20-19(22(30)27-23(28)31)17(11-18(26-20)15(3)4)21(29)25-16-7-10-32-24(12-16)8-5-6-9-24/h11,14-16H,5-10,12-13H2,1-4H3,(H,25,29)(H,27,30,31). The maximum Gasteiger partial charge on any atom is 0.330 e. The van der Waals surface area contributed by atoms with Crippen LogP contribution in [-0.4, -0.2) is 38.7 Å². The number of ether oxygens (including phenoxy) is 1. The highest BCUT2D eigenvalue weighted by atomic mass is 16.5. The topological polar surface area (TPSA) is 106 Å². The smallest absolute Gasteiger partial charge is 0.330 e. The lowest BCUT2D eigenvalue weighted by atomic mass is 9.88. The number of pyridine rings is 1. The molecule has 8 nitrogen and oxygen atoms in total. The van der Waals surface area contributed by atoms with Crippen molar-refractivity contribution >= 4 is 16.9 Å². The van der Waals surface area contributed by atoms with Crippen molar-refractivity contribution in [3.8, 4) is 0 Å². The van der Waals surface area contributed by atoms with Gasteiger partial charge >= 0.3 is 5.69 Å². The molecule has 1 unspecified atom stereocenters. The van der Waals surface area contributed by atoms with Crippen LogP contribution < -0.4 is 16.6 Å². The summed E-state index contributed by atoms with van der Waals surface area (Å²) < 4.78 is 7.57. The molecule has 2 N–H and O–H groups in total. The zero-order valence-corrected chi connectivity index (χ0v) is 19.5. The molecule has 0 bridgehead atoms. The Balaban J connectivity index is 1.76. The first-order valence-electron chi connectivity index (χ1n) is 11.8. The van der Waals surface area contributed by atoms with Gasteiger partial charge in [0.2, 0.25) is 0 Å². The molecule has 1 saturated carbocycles. The van der Waals surface area contributed by atoms with Gasteiger partial charge < -0.3 is 10.1 Å². The molecule has 4 rings (SSSR count). The van der Waals surface area contributed by atoms with Crippen LogP contribution in [-0.2, 0) is 11.3 Å². The van der Waals surface area contributed by atoms with E-state index in [-0.39, 0.29) is 46.0 Å². The largest absolute Gasteiger partial charge is 0.375 e. The minimum atomic E-state index is -0.572. The maximum absolute atomic E-state index is 13.5. The minimum absolute atomic E-state index is 0.000663. The zero-order valence-electron chi connectivity index (χ0n) is 19.5. The van der Waals surface area contributed by atoms with Gasteiger partial charge in [0.15, 0.2) is 5.65 Å². The SMILES string of the molecule is CC(C)Cn1c(=O)[nH]c(=O)c2c(C(=O)NC3CCOC4(CCCC4)C3)cc(C(C)C)nc21. The van der Waals surface area contributed by atoms with Gasteiger partial charge in [-0.05, 0) is 43.6 Å². The number of carbonyl (C=O) groups is 1. The first-order valence-corrected chi connectivity index (χ1v) is 11.8. The minimum Gasteiger partial charge on any atom is -0.375 e. The van der Waals surface area contributed by atoms with Gasteiger partial charge in [-0.25, -0.2) is 9.78 Å². The summed E-state index contributed by atoms with van der Waals surface area (Å²) in [5.41, 5.74) is 0.0621. The van der Waals surface area contributed by atoms with Crippen molar-refractivity contribution in [3.63, 3.8) is 0 Å². The van der Waals surface area contributed by atoms with Crippen molar-refractivity contribution in [3.05, 3.63) is 38.2 Å². The molecule has 1 amide bonds. The Morgan fingerprint density at radius 2 is 2.00 bits per heavy atom. The molecule has 1 aliphatic heterocycles. The zero-order chi connectivity index (χ0) is 23.0. The van der Waals surface area contributed by atoms with Crippen molar-refractivity contribution in [1.82, 2.24) is 19.9 Å². The normalized spacial score (nSPS) is 20.5. The maximum atomic E-state index is 13.5. The summed E-state index contributed by atoms with van der Waals surface area (Å²) in [6.07, 6.45) is 5.95. The second-order valence-electron chi connectivity index (χ2n) is 10.1. The molecule has 174 valence electrons. The number of hydrogen-bond acceptors (Lipinski definition) is 5. The van der Waals surface area contributed by atoms with E-state index in [1.165, 1.54) is 4.57 Å². The first-order chi connectivity index (χ1) is 15.2. The van der Waals surface area contributed by atoms with Crippen LogP contribution in [0.5, 0.6) is 0 Å². The number of carbonyl (C=O) groups excluding carboxylic acids is 1. The lowest BCUT2D eigenvalue weighted by Crippen LogP contribution is -2.47. The van der Waals surface area contributed by atoms with Gasteiger partial charge in [0.1, 0.15) is 0 Å². The Morgan fingerprint density at radius 1 is 1.28 bits per heavy atom. The molecule has 32 heavy (non-hydrogen) atoms. The Hall–Kier alpha value is -2.48. The fraction of sp³-hybridized carbons (Fsp3) is 0.667. The number of H-pyrrole nitrogens is 1. The lowest BCUT2D eigenvalue weighted by molar-refractivity contribution is -0.0823. The van der Waals surface area contributed by atoms with Crippen LogP contribution >= 0.6 is 0 Å². The third-order valence-electron chi connectivity index (χ3n) is 6.70. The van der Waals surface area contributed by atoms with Crippen LogP contribution in [0.4, 0.5) is 0 Å². The molecule has 1 spiro atoms. The highest BCUT2D eigenvalue weighted by Crippen LogP contribution is 2.40. The van der Waals surface area contributed by atoms with Gasteiger partial charge in [0.05, 0.1) is 16.6 Å². The van der Waals surface area contributed by atoms with Crippen molar-refractivity contribution in [2.24, 2.45) is 5.92 Å². The number of aromatic nitrogens is 3. The molecule has 0 aromatic carbocycles. The van der Waals surface area contributed by atoms with Crippen LogP contribution in [0.25, 0.3) is 11.0 Å². The van der Waals surface area contributed by atoms with Crippen molar-refractivity contribution in [2.45, 2.75) is 90.3 Å². The average molecular weight is 443 g/mol. The Labute approximate surface area is 187 Å². The fourth-order valence-electron chi connectivity index (χ4n) is 5.08. The van der Waals surface area contributed by atoms with Crippen LogP contribution in [0, 0.1) is 5.92 Å². The number of nitrogens with zero attached hydrogens (tertiary/aromatic N) is 2. The molecule has 2 aliphatic rings. The molecular formula is C24H34N4O4. The third kappa shape index (κ3) is 4.37. The van der Waals surface area contributed by atoms with E-state index in [9.17, 15) is 14.4 Å². The summed E-state index contributed by atoms with van der Waals surface area (Å²) in [7, 11) is 0. The van der Waals surface area contributed by atoms with Crippen LogP contribution in [0.3, 0.4) is 0 Å². The molecule has 1 atom stereocenters. The summed E-state index contributed by atoms with van der Waals surface area (Å²) in [6.45, 7) is 8.99. The quantitative estimate of drug-likeness (QED) is 0.740. The van der Waals surface area contributed by atoms with Crippen molar-refractivity contribution < 1.29 is 9.53 Å². The first kappa shape index (κ1) is 22.7. The van der Waals surface area contributed by atoms with E-state index in [0.717, 1.165) is 38.5 Å². The van der Waals surface area contributed by atoms with E-state index in [1.807, 2.05) is 27.7 Å². The number of hydrogen-bond donors (Lipinski definition) is 2. The highest BCUT2D eigenvalue weighted by Gasteiger charge is 2.40. The number of rotatable bonds is 5. The Kier molecular flexibility index (Phi) is 6.25. The number of amides is 1. The van der Waals surface area contributed by atoms with Gasteiger partial charge in [-0.1, -0.05) is 40.5 Å². The van der Waals surface area contributed by atoms with E-state index in [2.05, 4.69) is 15.3 Å². The second kappa shape index (κ2) is 8.81. The van der Waals surface area contributed by atoms with Crippen LogP contribution in [0.2, 0.25) is 0 Å². The Bertz CT molecular complexity index is 1130. The van der Waals surface area contributed by atoms with Gasteiger partial charge in [0, 0.05) is 24.9 Å². The van der Waals surface area contributed by atoms with Gasteiger partial charge in [-0.15, -0.1) is 0 Å². The molecule has 8 heteroatoms. The van der Waals surface area contributed by atoms with Gasteiger partial charge in [-0.3, -0.25) is 19.1 Å². The number of fused-ring (bicyclic) bond motifs is 1. The lowest BCUT2D eigenvalue weighted by Gasteiger charge is -2.38. The molecule has 1 aliphatic carbocycles. The second-order valence-corrected chi connectivity index (χ2v) is 10.1. The van der Waals surface area contributed by atoms with Crippen molar-refractivity contribution in [1.29, 1.82) is 0 Å². The van der Waals surface area contributed by atoms with Crippen LogP contribution in [0.15, 0.2) is 15.7 Å². The predicted molar refractivity (Wildman–Crippen MR) is 123 cm³/mol. The van der Waals surface area contributed by atoms with Crippen molar-refractivity contribution in [2.75, 3.05) is 6.61 Å². The van der Waals surface area contributed by atoms with E-state index < -0.39 is 11.2 Å². The van der Waals surface area contributed by atoms with Crippen LogP contribution in [0.1, 0.15) is 88.2 Å². The van der Waals surface area contributed by atoms with E-state index in [4.69, 9.17) is 4.74 Å².